The summed E-state index contributed by atoms with van der Waals surface area (Å²) in [5, 5.41) is 8.46. The van der Waals surface area contributed by atoms with E-state index in [0.29, 0.717) is 29.0 Å². The van der Waals surface area contributed by atoms with Gasteiger partial charge < -0.3 is 13.9 Å². The zero-order chi connectivity index (χ0) is 16.2. The van der Waals surface area contributed by atoms with Gasteiger partial charge >= 0.3 is 0 Å². The Morgan fingerprint density at radius 3 is 2.74 bits per heavy atom. The molecule has 0 unspecified atom stereocenters. The van der Waals surface area contributed by atoms with Crippen LogP contribution in [0, 0.1) is 0 Å². The number of rotatable bonds is 5. The van der Waals surface area contributed by atoms with Gasteiger partial charge in [0.15, 0.2) is 11.5 Å². The number of carbonyl (C=O) groups excluding carboxylic acids is 1. The fourth-order valence-electron chi connectivity index (χ4n) is 2.54. The van der Waals surface area contributed by atoms with Gasteiger partial charge in [0.05, 0.1) is 19.5 Å². The first-order chi connectivity index (χ1) is 11.2. The summed E-state index contributed by atoms with van der Waals surface area (Å²) in [6, 6.07) is 5.40. The molecule has 122 valence electrons. The minimum Gasteiger partial charge on any atom is -0.493 e. The SMILES string of the molecule is COc1ccc(-c2nnc(S[C@H]3CCCCC3=O)o2)cc1OC. The van der Waals surface area contributed by atoms with Crippen LogP contribution in [0.25, 0.3) is 11.5 Å². The normalized spacial score (nSPS) is 18.0. The molecule has 1 aliphatic carbocycles. The van der Waals surface area contributed by atoms with Crippen molar-refractivity contribution >= 4 is 17.5 Å². The quantitative estimate of drug-likeness (QED) is 0.830. The number of benzene rings is 1. The van der Waals surface area contributed by atoms with Crippen molar-refractivity contribution in [3.8, 4) is 23.0 Å². The summed E-state index contributed by atoms with van der Waals surface area (Å²) in [4.78, 5) is 11.9. The van der Waals surface area contributed by atoms with Crippen molar-refractivity contribution in [1.29, 1.82) is 0 Å². The lowest BCUT2D eigenvalue weighted by Gasteiger charge is -2.17. The smallest absolute Gasteiger partial charge is 0.277 e. The Hall–Kier alpha value is -2.02. The van der Waals surface area contributed by atoms with Crippen molar-refractivity contribution in [2.24, 2.45) is 0 Å². The van der Waals surface area contributed by atoms with Crippen molar-refractivity contribution < 1.29 is 18.7 Å². The maximum absolute atomic E-state index is 11.9. The Labute approximate surface area is 138 Å². The molecule has 7 heteroatoms. The fourth-order valence-corrected chi connectivity index (χ4v) is 3.53. The molecule has 0 aliphatic heterocycles. The van der Waals surface area contributed by atoms with Gasteiger partial charge in [0, 0.05) is 12.0 Å². The van der Waals surface area contributed by atoms with Gasteiger partial charge in [0.1, 0.15) is 5.78 Å². The van der Waals surface area contributed by atoms with E-state index in [-0.39, 0.29) is 11.0 Å². The van der Waals surface area contributed by atoms with Gasteiger partial charge in [-0.05, 0) is 31.0 Å². The van der Waals surface area contributed by atoms with Crippen molar-refractivity contribution in [3.63, 3.8) is 0 Å². The molecule has 0 N–H and O–H groups in total. The fraction of sp³-hybridized carbons (Fsp3) is 0.438. The number of ether oxygens (including phenoxy) is 2. The summed E-state index contributed by atoms with van der Waals surface area (Å²) in [7, 11) is 3.16. The van der Waals surface area contributed by atoms with Crippen LogP contribution in [0.4, 0.5) is 0 Å². The summed E-state index contributed by atoms with van der Waals surface area (Å²) in [5.74, 6) is 1.90. The van der Waals surface area contributed by atoms with Gasteiger partial charge in [-0.15, -0.1) is 10.2 Å². The molecule has 3 rings (SSSR count). The third-order valence-electron chi connectivity index (χ3n) is 3.78. The van der Waals surface area contributed by atoms with E-state index in [4.69, 9.17) is 13.9 Å². The minimum atomic E-state index is -0.0672. The van der Waals surface area contributed by atoms with Crippen LogP contribution in [-0.4, -0.2) is 35.5 Å². The van der Waals surface area contributed by atoms with Gasteiger partial charge in [0.2, 0.25) is 5.89 Å². The van der Waals surface area contributed by atoms with E-state index in [0.717, 1.165) is 24.8 Å². The number of hydrogen-bond donors (Lipinski definition) is 0. The zero-order valence-electron chi connectivity index (χ0n) is 13.1. The largest absolute Gasteiger partial charge is 0.493 e. The summed E-state index contributed by atoms with van der Waals surface area (Å²) >= 11 is 1.36. The molecule has 0 spiro atoms. The zero-order valence-corrected chi connectivity index (χ0v) is 13.9. The molecule has 1 aromatic heterocycles. The van der Waals surface area contributed by atoms with Crippen molar-refractivity contribution in [3.05, 3.63) is 18.2 Å². The van der Waals surface area contributed by atoms with Crippen molar-refractivity contribution in [1.82, 2.24) is 10.2 Å². The maximum Gasteiger partial charge on any atom is 0.277 e. The van der Waals surface area contributed by atoms with Crippen molar-refractivity contribution in [2.75, 3.05) is 14.2 Å². The van der Waals surface area contributed by atoms with Crippen LogP contribution in [0.15, 0.2) is 27.8 Å². The lowest BCUT2D eigenvalue weighted by molar-refractivity contribution is -0.119. The number of thioether (sulfide) groups is 1. The highest BCUT2D eigenvalue weighted by Crippen LogP contribution is 2.35. The van der Waals surface area contributed by atoms with E-state index in [2.05, 4.69) is 10.2 Å². The molecular formula is C16H18N2O4S. The van der Waals surface area contributed by atoms with Crippen molar-refractivity contribution in [2.45, 2.75) is 36.2 Å². The molecule has 1 fully saturated rings. The first-order valence-corrected chi connectivity index (χ1v) is 8.34. The lowest BCUT2D eigenvalue weighted by atomic mass is 9.99. The van der Waals surface area contributed by atoms with Crippen LogP contribution in [-0.2, 0) is 4.79 Å². The first kappa shape index (κ1) is 15.9. The molecule has 0 bridgehead atoms. The predicted molar refractivity (Wildman–Crippen MR) is 86.0 cm³/mol. The Bertz CT molecular complexity index is 701. The topological polar surface area (TPSA) is 74.5 Å². The number of carbonyl (C=O) groups is 1. The van der Waals surface area contributed by atoms with E-state index in [1.807, 2.05) is 6.07 Å². The molecule has 23 heavy (non-hydrogen) atoms. The standard InChI is InChI=1S/C16H18N2O4S/c1-20-12-8-7-10(9-13(12)21-2)15-17-18-16(22-15)23-14-6-4-3-5-11(14)19/h7-9,14H,3-6H2,1-2H3/t14-/m0/s1. The summed E-state index contributed by atoms with van der Waals surface area (Å²) < 4.78 is 16.2. The molecule has 1 atom stereocenters. The van der Waals surface area contributed by atoms with E-state index in [9.17, 15) is 4.79 Å². The third-order valence-corrected chi connectivity index (χ3v) is 4.93. The van der Waals surface area contributed by atoms with Gasteiger partial charge in [-0.1, -0.05) is 18.2 Å². The second kappa shape index (κ2) is 7.04. The highest BCUT2D eigenvalue weighted by Gasteiger charge is 2.25. The van der Waals surface area contributed by atoms with Crippen LogP contribution in [0.3, 0.4) is 0 Å². The van der Waals surface area contributed by atoms with Gasteiger partial charge in [-0.25, -0.2) is 0 Å². The van der Waals surface area contributed by atoms with Crippen LogP contribution in [0.5, 0.6) is 11.5 Å². The monoisotopic (exact) mass is 334 g/mol. The summed E-state index contributed by atoms with van der Waals surface area (Å²) in [5.41, 5.74) is 0.747. The average Bonchev–Trinajstić information content (AvgIpc) is 3.05. The van der Waals surface area contributed by atoms with Gasteiger partial charge in [-0.2, -0.15) is 0 Å². The molecule has 6 nitrogen and oxygen atoms in total. The molecule has 2 aromatic rings. The van der Waals surface area contributed by atoms with E-state index in [1.165, 1.54) is 11.8 Å². The Morgan fingerprint density at radius 1 is 1.17 bits per heavy atom. The molecule has 0 radical (unpaired) electrons. The second-order valence-corrected chi connectivity index (χ2v) is 6.42. The van der Waals surface area contributed by atoms with E-state index >= 15 is 0 Å². The number of methoxy groups -OCH3 is 2. The van der Waals surface area contributed by atoms with Gasteiger partial charge in [-0.3, -0.25) is 4.79 Å². The number of ketones is 1. The Balaban J connectivity index is 1.77. The minimum absolute atomic E-state index is 0.0672. The number of hydrogen-bond acceptors (Lipinski definition) is 7. The Morgan fingerprint density at radius 2 is 2.00 bits per heavy atom. The average molecular weight is 334 g/mol. The van der Waals surface area contributed by atoms with Crippen LogP contribution >= 0.6 is 11.8 Å². The molecule has 0 saturated heterocycles. The van der Waals surface area contributed by atoms with Gasteiger partial charge in [0.25, 0.3) is 5.22 Å². The van der Waals surface area contributed by atoms with Crippen LogP contribution in [0.1, 0.15) is 25.7 Å². The summed E-state index contributed by atoms with van der Waals surface area (Å²) in [6.45, 7) is 0. The van der Waals surface area contributed by atoms with E-state index in [1.54, 1.807) is 26.4 Å². The lowest BCUT2D eigenvalue weighted by Crippen LogP contribution is -2.21. The molecular weight excluding hydrogens is 316 g/mol. The molecule has 1 saturated carbocycles. The maximum atomic E-state index is 11.9. The number of nitrogens with zero attached hydrogens (tertiary/aromatic N) is 2. The molecule has 1 heterocycles. The number of Topliss-reactive ketones (excluding diaryl/α,β-unsaturated/α-hetero) is 1. The third kappa shape index (κ3) is 3.50. The molecule has 0 amide bonds. The predicted octanol–water partition coefficient (Wildman–Crippen LogP) is 3.36. The second-order valence-electron chi connectivity index (χ2n) is 5.26. The van der Waals surface area contributed by atoms with E-state index < -0.39 is 0 Å². The first-order valence-electron chi connectivity index (χ1n) is 7.46. The Kier molecular flexibility index (Phi) is 4.85. The summed E-state index contributed by atoms with van der Waals surface area (Å²) in [6.07, 6.45) is 3.57. The van der Waals surface area contributed by atoms with Crippen LogP contribution in [0.2, 0.25) is 0 Å². The van der Waals surface area contributed by atoms with Crippen LogP contribution < -0.4 is 9.47 Å². The highest BCUT2D eigenvalue weighted by molar-refractivity contribution is 8.00. The number of aromatic nitrogens is 2. The molecule has 1 aliphatic rings. The molecule has 1 aromatic carbocycles. The highest BCUT2D eigenvalue weighted by atomic mass is 32.2.